The van der Waals surface area contributed by atoms with Crippen molar-refractivity contribution in [3.63, 3.8) is 0 Å². The second kappa shape index (κ2) is 9.88. The molecule has 0 spiro atoms. The summed E-state index contributed by atoms with van der Waals surface area (Å²) in [6.07, 6.45) is 2.62. The van der Waals surface area contributed by atoms with E-state index in [1.165, 1.54) is 0 Å². The van der Waals surface area contributed by atoms with Crippen LogP contribution in [0.3, 0.4) is 0 Å². The van der Waals surface area contributed by atoms with Crippen LogP contribution in [0.5, 0.6) is 5.75 Å². The highest BCUT2D eigenvalue weighted by Gasteiger charge is 2.26. The standard InChI is InChI=1S/C25H35N3O3/c1-19(2)9-14-27-15-16-28-23(7-8-24(28)25(27)30)20-3-5-22(6-4-20)31-18-17-26-12-10-21(29)11-13-26/h3-8,19,21,29H,9-18H2,1-2H3. The van der Waals surface area contributed by atoms with E-state index < -0.39 is 0 Å². The molecule has 1 fully saturated rings. The summed E-state index contributed by atoms with van der Waals surface area (Å²) in [7, 11) is 0. The first-order chi connectivity index (χ1) is 15.0. The zero-order valence-electron chi connectivity index (χ0n) is 18.8. The number of hydrogen-bond acceptors (Lipinski definition) is 4. The molecule has 2 aliphatic heterocycles. The fraction of sp³-hybridized carbons (Fsp3) is 0.560. The molecule has 31 heavy (non-hydrogen) atoms. The second-order valence-electron chi connectivity index (χ2n) is 9.18. The number of carbonyl (C=O) groups is 1. The van der Waals surface area contributed by atoms with Crippen LogP contribution in [0.4, 0.5) is 0 Å². The number of amides is 1. The molecule has 2 aliphatic rings. The van der Waals surface area contributed by atoms with Crippen LogP contribution in [-0.2, 0) is 6.54 Å². The zero-order valence-corrected chi connectivity index (χ0v) is 18.8. The van der Waals surface area contributed by atoms with Gasteiger partial charge in [0.05, 0.1) is 6.10 Å². The topological polar surface area (TPSA) is 57.9 Å². The average molecular weight is 426 g/mol. The van der Waals surface area contributed by atoms with Gasteiger partial charge in [-0.15, -0.1) is 0 Å². The van der Waals surface area contributed by atoms with Crippen molar-refractivity contribution in [3.8, 4) is 17.0 Å². The second-order valence-corrected chi connectivity index (χ2v) is 9.18. The molecule has 0 radical (unpaired) electrons. The highest BCUT2D eigenvalue weighted by atomic mass is 16.5. The number of ether oxygens (including phenoxy) is 1. The van der Waals surface area contributed by atoms with Crippen LogP contribution in [0.2, 0.25) is 0 Å². The van der Waals surface area contributed by atoms with Gasteiger partial charge in [0.25, 0.3) is 5.91 Å². The van der Waals surface area contributed by atoms with Gasteiger partial charge in [-0.2, -0.15) is 0 Å². The minimum atomic E-state index is -0.136. The molecular formula is C25H35N3O3. The van der Waals surface area contributed by atoms with Gasteiger partial charge in [-0.1, -0.05) is 13.8 Å². The maximum atomic E-state index is 12.9. The molecule has 3 heterocycles. The van der Waals surface area contributed by atoms with Crippen molar-refractivity contribution in [3.05, 3.63) is 42.1 Å². The lowest BCUT2D eigenvalue weighted by Crippen LogP contribution is -2.41. The van der Waals surface area contributed by atoms with Crippen LogP contribution in [-0.4, -0.2) is 70.8 Å². The van der Waals surface area contributed by atoms with Gasteiger partial charge < -0.3 is 19.3 Å². The number of piperidine rings is 1. The van der Waals surface area contributed by atoms with Gasteiger partial charge in [0.1, 0.15) is 18.1 Å². The van der Waals surface area contributed by atoms with Gasteiger partial charge in [-0.05, 0) is 67.1 Å². The molecule has 0 bridgehead atoms. The summed E-state index contributed by atoms with van der Waals surface area (Å²) < 4.78 is 8.07. The Balaban J connectivity index is 1.34. The maximum Gasteiger partial charge on any atom is 0.270 e. The fourth-order valence-corrected chi connectivity index (χ4v) is 4.42. The van der Waals surface area contributed by atoms with Crippen molar-refractivity contribution in [2.24, 2.45) is 5.92 Å². The van der Waals surface area contributed by atoms with Crippen LogP contribution >= 0.6 is 0 Å². The third-order valence-corrected chi connectivity index (χ3v) is 6.44. The minimum absolute atomic E-state index is 0.136. The molecule has 168 valence electrons. The Morgan fingerprint density at radius 3 is 2.39 bits per heavy atom. The number of aromatic nitrogens is 1. The van der Waals surface area contributed by atoms with Gasteiger partial charge in [0.15, 0.2) is 0 Å². The summed E-state index contributed by atoms with van der Waals surface area (Å²) in [6.45, 7) is 10.3. The van der Waals surface area contributed by atoms with Gasteiger partial charge in [-0.3, -0.25) is 9.69 Å². The summed E-state index contributed by atoms with van der Waals surface area (Å²) in [6, 6.07) is 12.2. The van der Waals surface area contributed by atoms with Gasteiger partial charge in [0, 0.05) is 45.0 Å². The maximum absolute atomic E-state index is 12.9. The molecule has 2 aromatic rings. The Labute approximate surface area is 185 Å². The Morgan fingerprint density at radius 2 is 1.68 bits per heavy atom. The smallest absolute Gasteiger partial charge is 0.270 e. The Morgan fingerprint density at radius 1 is 0.968 bits per heavy atom. The molecule has 0 saturated carbocycles. The number of likely N-dealkylation sites (tertiary alicyclic amines) is 1. The van der Waals surface area contributed by atoms with Crippen molar-refractivity contribution in [1.29, 1.82) is 0 Å². The lowest BCUT2D eigenvalue weighted by Gasteiger charge is -2.30. The summed E-state index contributed by atoms with van der Waals surface area (Å²) in [5.74, 6) is 1.61. The number of aliphatic hydroxyl groups is 1. The van der Waals surface area contributed by atoms with Crippen LogP contribution in [0, 0.1) is 5.92 Å². The number of benzene rings is 1. The van der Waals surface area contributed by atoms with E-state index in [1.54, 1.807) is 0 Å². The number of fused-ring (bicyclic) bond motifs is 1. The zero-order chi connectivity index (χ0) is 21.8. The molecule has 6 heteroatoms. The predicted octanol–water partition coefficient (Wildman–Crippen LogP) is 3.49. The highest BCUT2D eigenvalue weighted by Crippen LogP contribution is 2.28. The van der Waals surface area contributed by atoms with Crippen molar-refractivity contribution < 1.29 is 14.6 Å². The molecule has 1 N–H and O–H groups in total. The number of hydrogen-bond donors (Lipinski definition) is 1. The molecule has 1 saturated heterocycles. The van der Waals surface area contributed by atoms with Gasteiger partial charge in [-0.25, -0.2) is 0 Å². The summed E-state index contributed by atoms with van der Waals surface area (Å²) in [5.41, 5.74) is 2.98. The van der Waals surface area contributed by atoms with E-state index in [9.17, 15) is 9.90 Å². The molecule has 4 rings (SSSR count). The van der Waals surface area contributed by atoms with Gasteiger partial charge >= 0.3 is 0 Å². The minimum Gasteiger partial charge on any atom is -0.492 e. The summed E-state index contributed by atoms with van der Waals surface area (Å²) >= 11 is 0. The van der Waals surface area contributed by atoms with Crippen molar-refractivity contribution in [2.75, 3.05) is 39.3 Å². The quantitative estimate of drug-likeness (QED) is 0.703. The van der Waals surface area contributed by atoms with E-state index in [1.807, 2.05) is 23.1 Å². The number of aliphatic hydroxyl groups excluding tert-OH is 1. The van der Waals surface area contributed by atoms with Crippen molar-refractivity contribution in [1.82, 2.24) is 14.4 Å². The summed E-state index contributed by atoms with van der Waals surface area (Å²) in [4.78, 5) is 17.2. The monoisotopic (exact) mass is 425 g/mol. The highest BCUT2D eigenvalue weighted by molar-refractivity contribution is 5.94. The van der Waals surface area contributed by atoms with Crippen LogP contribution in [0.25, 0.3) is 11.3 Å². The Bertz CT molecular complexity index is 867. The van der Waals surface area contributed by atoms with Crippen molar-refractivity contribution in [2.45, 2.75) is 45.8 Å². The first kappa shape index (κ1) is 21.9. The van der Waals surface area contributed by atoms with E-state index in [0.717, 1.165) is 81.2 Å². The van der Waals surface area contributed by atoms with E-state index in [2.05, 4.69) is 41.5 Å². The third-order valence-electron chi connectivity index (χ3n) is 6.44. The molecular weight excluding hydrogens is 390 g/mol. The molecule has 1 aromatic heterocycles. The van der Waals surface area contributed by atoms with Gasteiger partial charge in [0.2, 0.25) is 0 Å². The lowest BCUT2D eigenvalue weighted by molar-refractivity contribution is 0.0697. The first-order valence-electron chi connectivity index (χ1n) is 11.6. The SMILES string of the molecule is CC(C)CCN1CCn2c(ccc2-c2ccc(OCCN3CCC(O)CC3)cc2)C1=O. The number of carbonyl (C=O) groups excluding carboxylic acids is 1. The third kappa shape index (κ3) is 5.31. The summed E-state index contributed by atoms with van der Waals surface area (Å²) in [5, 5.41) is 9.60. The fourth-order valence-electron chi connectivity index (χ4n) is 4.42. The molecule has 0 atom stereocenters. The number of nitrogens with zero attached hydrogens (tertiary/aromatic N) is 3. The molecule has 1 aromatic carbocycles. The largest absolute Gasteiger partial charge is 0.492 e. The molecule has 1 amide bonds. The van der Waals surface area contributed by atoms with E-state index in [4.69, 9.17) is 4.74 Å². The molecule has 0 aliphatic carbocycles. The molecule has 6 nitrogen and oxygen atoms in total. The predicted molar refractivity (Wildman–Crippen MR) is 122 cm³/mol. The van der Waals surface area contributed by atoms with Crippen LogP contribution in [0.15, 0.2) is 36.4 Å². The van der Waals surface area contributed by atoms with Crippen molar-refractivity contribution >= 4 is 5.91 Å². The van der Waals surface area contributed by atoms with E-state index in [-0.39, 0.29) is 12.0 Å². The Kier molecular flexibility index (Phi) is 6.98. The number of rotatable bonds is 8. The average Bonchev–Trinajstić information content (AvgIpc) is 3.20. The van der Waals surface area contributed by atoms with Crippen LogP contribution in [0.1, 0.15) is 43.6 Å². The van der Waals surface area contributed by atoms with E-state index >= 15 is 0 Å². The first-order valence-corrected chi connectivity index (χ1v) is 11.6. The van der Waals surface area contributed by atoms with E-state index in [0.29, 0.717) is 12.5 Å². The molecule has 0 unspecified atom stereocenters. The lowest BCUT2D eigenvalue weighted by atomic mass is 10.1. The van der Waals surface area contributed by atoms with Crippen LogP contribution < -0.4 is 4.74 Å². The Hall–Kier alpha value is -2.31. The normalized spacial score (nSPS) is 17.9.